The topological polar surface area (TPSA) is 75.6 Å². The van der Waals surface area contributed by atoms with Crippen molar-refractivity contribution in [3.63, 3.8) is 0 Å². The first-order valence-electron chi connectivity index (χ1n) is 6.84. The molecule has 1 rings (SSSR count). The lowest BCUT2D eigenvalue weighted by atomic mass is 10.1. The number of carbonyl (C=O) groups is 2. The lowest BCUT2D eigenvalue weighted by Crippen LogP contribution is -2.29. The first-order valence-corrected chi connectivity index (χ1v) is 6.84. The van der Waals surface area contributed by atoms with E-state index in [0.717, 1.165) is 0 Å². The summed E-state index contributed by atoms with van der Waals surface area (Å²) in [5.41, 5.74) is 0. The van der Waals surface area contributed by atoms with Crippen LogP contribution in [0.5, 0.6) is 5.75 Å². The van der Waals surface area contributed by atoms with E-state index in [1.807, 2.05) is 6.92 Å². The average molecular weight is 297 g/mol. The summed E-state index contributed by atoms with van der Waals surface area (Å²) in [4.78, 5) is 22.0. The third-order valence-electron chi connectivity index (χ3n) is 2.91. The molecule has 0 saturated heterocycles. The van der Waals surface area contributed by atoms with Gasteiger partial charge in [-0.15, -0.1) is 0 Å². The molecule has 6 heteroatoms. The molecule has 1 atom stereocenters. The zero-order chi connectivity index (χ0) is 15.7. The van der Waals surface area contributed by atoms with E-state index in [2.05, 4.69) is 5.32 Å². The Labute approximate surface area is 123 Å². The molecule has 0 fully saturated rings. The van der Waals surface area contributed by atoms with Crippen LogP contribution in [0, 0.1) is 11.7 Å². The maximum Gasteiger partial charge on any atom is 0.303 e. The Hall–Kier alpha value is -2.11. The number of halogens is 1. The number of carboxylic acid groups (broad SMARTS) is 1. The standard InChI is InChI=1S/C15H20FNO4/c1-11(2-7-15(19)20)10-17-14(18)8-9-21-13-5-3-12(16)4-6-13/h3-6,11H,2,7-10H2,1H3,(H,17,18)(H,19,20). The monoisotopic (exact) mass is 297 g/mol. The van der Waals surface area contributed by atoms with Crippen molar-refractivity contribution in [3.05, 3.63) is 30.1 Å². The minimum Gasteiger partial charge on any atom is -0.493 e. The maximum absolute atomic E-state index is 12.7. The van der Waals surface area contributed by atoms with Crippen LogP contribution in [0.25, 0.3) is 0 Å². The second kappa shape index (κ2) is 8.94. The van der Waals surface area contributed by atoms with Crippen LogP contribution in [0.4, 0.5) is 4.39 Å². The molecule has 0 aliphatic rings. The molecule has 0 heterocycles. The summed E-state index contributed by atoms with van der Waals surface area (Å²) >= 11 is 0. The van der Waals surface area contributed by atoms with Gasteiger partial charge in [0.05, 0.1) is 13.0 Å². The van der Waals surface area contributed by atoms with E-state index < -0.39 is 5.97 Å². The van der Waals surface area contributed by atoms with Crippen molar-refractivity contribution in [2.24, 2.45) is 5.92 Å². The predicted molar refractivity (Wildman–Crippen MR) is 75.6 cm³/mol. The van der Waals surface area contributed by atoms with Crippen molar-refractivity contribution in [2.45, 2.75) is 26.2 Å². The molecule has 1 aromatic rings. The molecule has 1 unspecified atom stereocenters. The van der Waals surface area contributed by atoms with Crippen LogP contribution in [0.1, 0.15) is 26.2 Å². The van der Waals surface area contributed by atoms with Gasteiger partial charge in [0.15, 0.2) is 0 Å². The number of carboxylic acids is 1. The molecule has 116 valence electrons. The van der Waals surface area contributed by atoms with Crippen molar-refractivity contribution in [3.8, 4) is 5.75 Å². The SMILES string of the molecule is CC(CCC(=O)O)CNC(=O)CCOc1ccc(F)cc1. The highest BCUT2D eigenvalue weighted by molar-refractivity contribution is 5.76. The molecule has 1 amide bonds. The molecule has 1 aromatic carbocycles. The number of aliphatic carboxylic acids is 1. The summed E-state index contributed by atoms with van der Waals surface area (Å²) in [6, 6.07) is 5.58. The predicted octanol–water partition coefficient (Wildman–Crippen LogP) is 2.21. The Morgan fingerprint density at radius 3 is 2.57 bits per heavy atom. The van der Waals surface area contributed by atoms with Gasteiger partial charge in [0.2, 0.25) is 5.91 Å². The Kier molecular flexibility index (Phi) is 7.21. The van der Waals surface area contributed by atoms with Gasteiger partial charge in [-0.2, -0.15) is 0 Å². The molecule has 0 bridgehead atoms. The van der Waals surface area contributed by atoms with Crippen molar-refractivity contribution in [1.29, 1.82) is 0 Å². The van der Waals surface area contributed by atoms with Gasteiger partial charge in [0.1, 0.15) is 11.6 Å². The smallest absolute Gasteiger partial charge is 0.303 e. The van der Waals surface area contributed by atoms with Gasteiger partial charge in [-0.05, 0) is 36.6 Å². The van der Waals surface area contributed by atoms with Gasteiger partial charge in [-0.1, -0.05) is 6.92 Å². The van der Waals surface area contributed by atoms with Gasteiger partial charge >= 0.3 is 5.97 Å². The van der Waals surface area contributed by atoms with Gasteiger partial charge in [-0.25, -0.2) is 4.39 Å². The second-order valence-corrected chi connectivity index (χ2v) is 4.89. The van der Waals surface area contributed by atoms with Crippen LogP contribution in [0.2, 0.25) is 0 Å². The quantitative estimate of drug-likeness (QED) is 0.733. The normalized spacial score (nSPS) is 11.7. The fraction of sp³-hybridized carbons (Fsp3) is 0.467. The Morgan fingerprint density at radius 2 is 1.95 bits per heavy atom. The fourth-order valence-electron chi connectivity index (χ4n) is 1.64. The number of benzene rings is 1. The third-order valence-corrected chi connectivity index (χ3v) is 2.91. The number of ether oxygens (including phenoxy) is 1. The summed E-state index contributed by atoms with van der Waals surface area (Å²) in [6.45, 7) is 2.54. The molecule has 0 aliphatic carbocycles. The average Bonchev–Trinajstić information content (AvgIpc) is 2.45. The lowest BCUT2D eigenvalue weighted by Gasteiger charge is -2.11. The Morgan fingerprint density at radius 1 is 1.29 bits per heavy atom. The summed E-state index contributed by atoms with van der Waals surface area (Å²) in [5.74, 6) is -0.697. The van der Waals surface area contributed by atoms with Gasteiger partial charge in [-0.3, -0.25) is 9.59 Å². The van der Waals surface area contributed by atoms with Crippen LogP contribution in [-0.4, -0.2) is 30.1 Å². The van der Waals surface area contributed by atoms with E-state index in [1.165, 1.54) is 24.3 Å². The summed E-state index contributed by atoms with van der Waals surface area (Å²) in [6.07, 6.45) is 0.829. The Bertz CT molecular complexity index is 461. The Balaban J connectivity index is 2.13. The van der Waals surface area contributed by atoms with Crippen LogP contribution in [0.15, 0.2) is 24.3 Å². The lowest BCUT2D eigenvalue weighted by molar-refractivity contribution is -0.137. The fourth-order valence-corrected chi connectivity index (χ4v) is 1.64. The van der Waals surface area contributed by atoms with Crippen molar-refractivity contribution in [1.82, 2.24) is 5.32 Å². The zero-order valence-electron chi connectivity index (χ0n) is 12.0. The van der Waals surface area contributed by atoms with Crippen LogP contribution in [0.3, 0.4) is 0 Å². The van der Waals surface area contributed by atoms with Gasteiger partial charge in [0.25, 0.3) is 0 Å². The molecule has 0 aliphatic heterocycles. The molecular weight excluding hydrogens is 277 g/mol. The second-order valence-electron chi connectivity index (χ2n) is 4.89. The van der Waals surface area contributed by atoms with E-state index in [9.17, 15) is 14.0 Å². The van der Waals surface area contributed by atoms with Crippen LogP contribution < -0.4 is 10.1 Å². The van der Waals surface area contributed by atoms with Gasteiger partial charge < -0.3 is 15.2 Å². The number of nitrogens with one attached hydrogen (secondary N) is 1. The molecular formula is C15H20FNO4. The highest BCUT2D eigenvalue weighted by atomic mass is 19.1. The molecule has 2 N–H and O–H groups in total. The van der Waals surface area contributed by atoms with Crippen molar-refractivity contribution in [2.75, 3.05) is 13.2 Å². The molecule has 0 radical (unpaired) electrons. The molecule has 0 aromatic heterocycles. The van der Waals surface area contributed by atoms with E-state index in [1.54, 1.807) is 0 Å². The summed E-state index contributed by atoms with van der Waals surface area (Å²) < 4.78 is 18.0. The van der Waals surface area contributed by atoms with Crippen molar-refractivity contribution >= 4 is 11.9 Å². The van der Waals surface area contributed by atoms with Crippen LogP contribution in [-0.2, 0) is 9.59 Å². The number of amides is 1. The summed E-state index contributed by atoms with van der Waals surface area (Å²) in [7, 11) is 0. The minimum absolute atomic E-state index is 0.102. The zero-order valence-corrected chi connectivity index (χ0v) is 12.0. The van der Waals surface area contributed by atoms with Gasteiger partial charge in [0, 0.05) is 13.0 Å². The van der Waals surface area contributed by atoms with Crippen molar-refractivity contribution < 1.29 is 23.8 Å². The maximum atomic E-state index is 12.7. The summed E-state index contributed by atoms with van der Waals surface area (Å²) in [5, 5.41) is 11.3. The van der Waals surface area contributed by atoms with E-state index in [-0.39, 0.29) is 37.1 Å². The first kappa shape index (κ1) is 16.9. The minimum atomic E-state index is -0.833. The van der Waals surface area contributed by atoms with E-state index in [0.29, 0.717) is 18.7 Å². The number of carbonyl (C=O) groups excluding carboxylic acids is 1. The largest absolute Gasteiger partial charge is 0.493 e. The third kappa shape index (κ3) is 7.91. The van der Waals surface area contributed by atoms with E-state index in [4.69, 9.17) is 9.84 Å². The molecule has 21 heavy (non-hydrogen) atoms. The molecule has 0 spiro atoms. The van der Waals surface area contributed by atoms with Crippen LogP contribution >= 0.6 is 0 Å². The highest BCUT2D eigenvalue weighted by Gasteiger charge is 2.08. The molecule has 5 nitrogen and oxygen atoms in total. The number of hydrogen-bond donors (Lipinski definition) is 2. The number of hydrogen-bond acceptors (Lipinski definition) is 3. The molecule has 0 saturated carbocycles. The first-order chi connectivity index (χ1) is 9.97. The number of rotatable bonds is 9. The van der Waals surface area contributed by atoms with E-state index >= 15 is 0 Å². The highest BCUT2D eigenvalue weighted by Crippen LogP contribution is 2.11.